The van der Waals surface area contributed by atoms with Crippen molar-refractivity contribution >= 4 is 17.6 Å². The number of nitrogens with zero attached hydrogens (tertiary/aromatic N) is 1. The second kappa shape index (κ2) is 7.29. The van der Waals surface area contributed by atoms with Crippen LogP contribution < -0.4 is 4.74 Å². The van der Waals surface area contributed by atoms with Gasteiger partial charge in [-0.25, -0.2) is 0 Å². The first-order valence-electron chi connectivity index (χ1n) is 6.88. The summed E-state index contributed by atoms with van der Waals surface area (Å²) in [6, 6.07) is 14.0. The minimum absolute atomic E-state index is 0.311. The molecule has 2 aromatic carbocycles. The molecule has 1 atom stereocenters. The zero-order valence-corrected chi connectivity index (χ0v) is 13.2. The van der Waals surface area contributed by atoms with Crippen LogP contribution in [-0.4, -0.2) is 36.1 Å². The summed E-state index contributed by atoms with van der Waals surface area (Å²) in [6.07, 6.45) is 0.311. The highest BCUT2D eigenvalue weighted by Gasteiger charge is 2.22. The second-order valence-electron chi connectivity index (χ2n) is 5.19. The summed E-state index contributed by atoms with van der Waals surface area (Å²) in [7, 11) is 3.47. The summed E-state index contributed by atoms with van der Waals surface area (Å²) >= 11 is 6.05. The zero-order chi connectivity index (χ0) is 16.1. The summed E-state index contributed by atoms with van der Waals surface area (Å²) in [5, 5.41) is 9.89. The third kappa shape index (κ3) is 4.23. The number of para-hydroxylation sites is 1. The molecule has 0 spiro atoms. The largest absolute Gasteiger partial charge is 0.480 e. The number of rotatable bonds is 6. The van der Waals surface area contributed by atoms with Gasteiger partial charge in [0.1, 0.15) is 17.5 Å². The molecule has 0 amide bonds. The van der Waals surface area contributed by atoms with E-state index in [4.69, 9.17) is 16.3 Å². The van der Waals surface area contributed by atoms with Crippen LogP contribution in [-0.2, 0) is 11.2 Å². The monoisotopic (exact) mass is 319 g/mol. The van der Waals surface area contributed by atoms with Gasteiger partial charge in [0, 0.05) is 11.4 Å². The molecule has 2 aromatic rings. The fourth-order valence-electron chi connectivity index (χ4n) is 2.12. The summed E-state index contributed by atoms with van der Waals surface area (Å²) < 4.78 is 5.85. The van der Waals surface area contributed by atoms with Crippen LogP contribution in [0, 0.1) is 0 Å². The predicted molar refractivity (Wildman–Crippen MR) is 86.8 cm³/mol. The van der Waals surface area contributed by atoms with E-state index in [1.54, 1.807) is 37.2 Å². The maximum Gasteiger partial charge on any atom is 0.321 e. The molecule has 0 fully saturated rings. The van der Waals surface area contributed by atoms with Gasteiger partial charge in [-0.2, -0.15) is 0 Å². The first-order valence-corrected chi connectivity index (χ1v) is 7.25. The summed E-state index contributed by atoms with van der Waals surface area (Å²) in [6.45, 7) is 0. The van der Waals surface area contributed by atoms with Crippen LogP contribution in [0.25, 0.3) is 0 Å². The average molecular weight is 320 g/mol. The van der Waals surface area contributed by atoms with Gasteiger partial charge in [-0.05, 0) is 50.0 Å². The lowest BCUT2D eigenvalue weighted by molar-refractivity contribution is -0.142. The van der Waals surface area contributed by atoms with E-state index in [1.807, 2.05) is 30.3 Å². The molecule has 0 aliphatic heterocycles. The second-order valence-corrected chi connectivity index (χ2v) is 5.63. The molecule has 0 unspecified atom stereocenters. The Bertz CT molecular complexity index is 644. The first kappa shape index (κ1) is 16.3. The van der Waals surface area contributed by atoms with Crippen LogP contribution >= 0.6 is 11.6 Å². The fraction of sp³-hybridized carbons (Fsp3) is 0.235. The molecule has 1 N–H and O–H groups in total. The van der Waals surface area contributed by atoms with Crippen LogP contribution in [0.3, 0.4) is 0 Å². The Kier molecular flexibility index (Phi) is 5.41. The summed E-state index contributed by atoms with van der Waals surface area (Å²) in [5.74, 6) is 0.433. The van der Waals surface area contributed by atoms with Crippen molar-refractivity contribution in [3.05, 3.63) is 59.1 Å². The van der Waals surface area contributed by atoms with E-state index in [2.05, 4.69) is 0 Å². The molecule has 0 radical (unpaired) electrons. The zero-order valence-electron chi connectivity index (χ0n) is 12.5. The molecule has 22 heavy (non-hydrogen) atoms. The lowest BCUT2D eigenvalue weighted by Gasteiger charge is -2.21. The number of halogens is 1. The van der Waals surface area contributed by atoms with Gasteiger partial charge >= 0.3 is 5.97 Å². The summed E-state index contributed by atoms with van der Waals surface area (Å²) in [4.78, 5) is 13.0. The van der Waals surface area contributed by atoms with Gasteiger partial charge in [-0.15, -0.1) is 0 Å². The van der Waals surface area contributed by atoms with Crippen molar-refractivity contribution in [3.8, 4) is 11.5 Å². The number of carboxylic acid groups (broad SMARTS) is 1. The molecule has 5 heteroatoms. The third-order valence-electron chi connectivity index (χ3n) is 3.32. The van der Waals surface area contributed by atoms with Gasteiger partial charge in [-0.1, -0.05) is 29.8 Å². The molecule has 0 saturated carbocycles. The molecule has 0 heterocycles. The smallest absolute Gasteiger partial charge is 0.321 e. The molecule has 116 valence electrons. The van der Waals surface area contributed by atoms with Crippen molar-refractivity contribution in [2.75, 3.05) is 14.1 Å². The lowest BCUT2D eigenvalue weighted by Crippen LogP contribution is -2.37. The Hall–Kier alpha value is -2.04. The lowest BCUT2D eigenvalue weighted by atomic mass is 10.0. The number of aliphatic carboxylic acids is 1. The number of hydrogen-bond acceptors (Lipinski definition) is 3. The minimum atomic E-state index is -0.879. The van der Waals surface area contributed by atoms with E-state index in [0.29, 0.717) is 22.9 Å². The van der Waals surface area contributed by atoms with Crippen molar-refractivity contribution < 1.29 is 14.6 Å². The van der Waals surface area contributed by atoms with Crippen LogP contribution in [0.1, 0.15) is 5.56 Å². The van der Waals surface area contributed by atoms with Crippen LogP contribution in [0.2, 0.25) is 5.02 Å². The van der Waals surface area contributed by atoms with Gasteiger partial charge < -0.3 is 9.84 Å². The van der Waals surface area contributed by atoms with Crippen molar-refractivity contribution in [1.82, 2.24) is 4.90 Å². The highest BCUT2D eigenvalue weighted by molar-refractivity contribution is 6.30. The van der Waals surface area contributed by atoms with E-state index < -0.39 is 12.0 Å². The fourth-order valence-corrected chi connectivity index (χ4v) is 2.32. The van der Waals surface area contributed by atoms with Crippen molar-refractivity contribution in [3.63, 3.8) is 0 Å². The molecule has 0 saturated heterocycles. The average Bonchev–Trinajstić information content (AvgIpc) is 2.47. The van der Waals surface area contributed by atoms with Gasteiger partial charge in [0.2, 0.25) is 0 Å². The van der Waals surface area contributed by atoms with E-state index in [-0.39, 0.29) is 0 Å². The van der Waals surface area contributed by atoms with E-state index >= 15 is 0 Å². The Labute approximate surface area is 134 Å². The van der Waals surface area contributed by atoms with Crippen molar-refractivity contribution in [2.24, 2.45) is 0 Å². The molecule has 4 nitrogen and oxygen atoms in total. The topological polar surface area (TPSA) is 49.8 Å². The van der Waals surface area contributed by atoms with Gasteiger partial charge in [0.25, 0.3) is 0 Å². The SMILES string of the molecule is CN(C)[C@@H](Cc1cc(Cl)ccc1Oc1ccccc1)C(=O)O. The Morgan fingerprint density at radius 3 is 2.50 bits per heavy atom. The van der Waals surface area contributed by atoms with Gasteiger partial charge in [-0.3, -0.25) is 9.69 Å². The van der Waals surface area contributed by atoms with Gasteiger partial charge in [0.05, 0.1) is 0 Å². The molecule has 0 bridgehead atoms. The quantitative estimate of drug-likeness (QED) is 0.882. The minimum Gasteiger partial charge on any atom is -0.480 e. The predicted octanol–water partition coefficient (Wildman–Crippen LogP) is 3.69. The van der Waals surface area contributed by atoms with Gasteiger partial charge in [0.15, 0.2) is 0 Å². The number of benzene rings is 2. The number of carbonyl (C=O) groups is 1. The maximum absolute atomic E-state index is 11.4. The number of hydrogen-bond donors (Lipinski definition) is 1. The number of likely N-dealkylation sites (N-methyl/N-ethyl adjacent to an activating group) is 1. The van der Waals surface area contributed by atoms with Crippen LogP contribution in [0.5, 0.6) is 11.5 Å². The maximum atomic E-state index is 11.4. The first-order chi connectivity index (χ1) is 10.5. The Morgan fingerprint density at radius 1 is 1.23 bits per heavy atom. The van der Waals surface area contributed by atoms with E-state index in [9.17, 15) is 9.90 Å². The van der Waals surface area contributed by atoms with E-state index in [0.717, 1.165) is 5.56 Å². The number of carboxylic acids is 1. The van der Waals surface area contributed by atoms with E-state index in [1.165, 1.54) is 0 Å². The van der Waals surface area contributed by atoms with Crippen LogP contribution in [0.15, 0.2) is 48.5 Å². The van der Waals surface area contributed by atoms with Crippen molar-refractivity contribution in [2.45, 2.75) is 12.5 Å². The molecular formula is C17H18ClNO3. The highest BCUT2D eigenvalue weighted by atomic mass is 35.5. The number of ether oxygens (including phenoxy) is 1. The normalized spacial score (nSPS) is 12.2. The standard InChI is InChI=1S/C17H18ClNO3/c1-19(2)15(17(20)21)11-12-10-13(18)8-9-16(12)22-14-6-4-3-5-7-14/h3-10,15H,11H2,1-2H3,(H,20,21)/t15-/m0/s1. The molecular weight excluding hydrogens is 302 g/mol. The Morgan fingerprint density at radius 2 is 1.91 bits per heavy atom. The summed E-state index contributed by atoms with van der Waals surface area (Å²) in [5.41, 5.74) is 0.762. The molecule has 2 rings (SSSR count). The Balaban J connectivity index is 2.29. The molecule has 0 aliphatic rings. The van der Waals surface area contributed by atoms with Crippen molar-refractivity contribution in [1.29, 1.82) is 0 Å². The highest BCUT2D eigenvalue weighted by Crippen LogP contribution is 2.29. The molecule has 0 aromatic heterocycles. The molecule has 0 aliphatic carbocycles. The third-order valence-corrected chi connectivity index (χ3v) is 3.55. The van der Waals surface area contributed by atoms with Crippen LogP contribution in [0.4, 0.5) is 0 Å².